The van der Waals surface area contributed by atoms with E-state index in [0.717, 1.165) is 18.7 Å². The zero-order valence-electron chi connectivity index (χ0n) is 12.2. The van der Waals surface area contributed by atoms with Gasteiger partial charge in [0.25, 0.3) is 5.91 Å². The number of hydrogen-bond acceptors (Lipinski definition) is 4. The average Bonchev–Trinajstić information content (AvgIpc) is 2.45. The van der Waals surface area contributed by atoms with E-state index in [4.69, 9.17) is 0 Å². The molecule has 1 rings (SSSR count). The van der Waals surface area contributed by atoms with Crippen molar-refractivity contribution in [2.75, 3.05) is 18.4 Å². The van der Waals surface area contributed by atoms with Gasteiger partial charge in [-0.1, -0.05) is 6.92 Å². The SMILES string of the molecule is CCCNc1ccnc(C(=O)NC(C)C(=O)NCC)c1. The summed E-state index contributed by atoms with van der Waals surface area (Å²) in [6.45, 7) is 6.91. The van der Waals surface area contributed by atoms with Crippen molar-refractivity contribution in [3.8, 4) is 0 Å². The van der Waals surface area contributed by atoms with Gasteiger partial charge in [0.1, 0.15) is 11.7 Å². The molecule has 20 heavy (non-hydrogen) atoms. The predicted molar refractivity (Wildman–Crippen MR) is 78.6 cm³/mol. The Morgan fingerprint density at radius 3 is 2.75 bits per heavy atom. The summed E-state index contributed by atoms with van der Waals surface area (Å²) in [5.41, 5.74) is 1.14. The van der Waals surface area contributed by atoms with E-state index in [9.17, 15) is 9.59 Å². The molecule has 1 atom stereocenters. The third-order valence-electron chi connectivity index (χ3n) is 2.66. The quantitative estimate of drug-likeness (QED) is 0.699. The molecule has 1 heterocycles. The number of carbonyl (C=O) groups excluding carboxylic acids is 2. The summed E-state index contributed by atoms with van der Waals surface area (Å²) in [6, 6.07) is 2.89. The van der Waals surface area contributed by atoms with E-state index in [1.54, 1.807) is 25.3 Å². The second kappa shape index (κ2) is 8.14. The van der Waals surface area contributed by atoms with E-state index in [0.29, 0.717) is 12.2 Å². The maximum absolute atomic E-state index is 12.0. The van der Waals surface area contributed by atoms with Gasteiger partial charge in [-0.25, -0.2) is 0 Å². The van der Waals surface area contributed by atoms with Crippen LogP contribution in [0.5, 0.6) is 0 Å². The Morgan fingerprint density at radius 2 is 2.10 bits per heavy atom. The van der Waals surface area contributed by atoms with Crippen LogP contribution in [0, 0.1) is 0 Å². The van der Waals surface area contributed by atoms with Crippen LogP contribution in [-0.2, 0) is 4.79 Å². The van der Waals surface area contributed by atoms with E-state index in [1.807, 2.05) is 6.92 Å². The third-order valence-corrected chi connectivity index (χ3v) is 2.66. The van der Waals surface area contributed by atoms with E-state index in [1.165, 1.54) is 0 Å². The number of nitrogens with one attached hydrogen (secondary N) is 3. The van der Waals surface area contributed by atoms with Gasteiger partial charge in [0.15, 0.2) is 0 Å². The van der Waals surface area contributed by atoms with Crippen LogP contribution >= 0.6 is 0 Å². The topological polar surface area (TPSA) is 83.1 Å². The van der Waals surface area contributed by atoms with Crippen LogP contribution in [0.15, 0.2) is 18.3 Å². The minimum Gasteiger partial charge on any atom is -0.385 e. The van der Waals surface area contributed by atoms with Crippen LogP contribution in [0.1, 0.15) is 37.7 Å². The fourth-order valence-electron chi connectivity index (χ4n) is 1.60. The molecular weight excluding hydrogens is 256 g/mol. The molecular formula is C14H22N4O2. The summed E-state index contributed by atoms with van der Waals surface area (Å²) in [4.78, 5) is 27.6. The summed E-state index contributed by atoms with van der Waals surface area (Å²) >= 11 is 0. The molecule has 0 aliphatic heterocycles. The van der Waals surface area contributed by atoms with E-state index >= 15 is 0 Å². The van der Waals surface area contributed by atoms with Crippen molar-refractivity contribution in [3.05, 3.63) is 24.0 Å². The Morgan fingerprint density at radius 1 is 1.35 bits per heavy atom. The fourth-order valence-corrected chi connectivity index (χ4v) is 1.60. The Labute approximate surface area is 119 Å². The highest BCUT2D eigenvalue weighted by Gasteiger charge is 2.16. The number of nitrogens with zero attached hydrogens (tertiary/aromatic N) is 1. The molecule has 3 N–H and O–H groups in total. The zero-order valence-corrected chi connectivity index (χ0v) is 12.2. The molecule has 0 saturated carbocycles. The summed E-state index contributed by atoms with van der Waals surface area (Å²) in [7, 11) is 0. The first kappa shape index (κ1) is 15.9. The molecule has 1 aromatic heterocycles. The molecule has 6 nitrogen and oxygen atoms in total. The van der Waals surface area contributed by atoms with Crippen molar-refractivity contribution in [3.63, 3.8) is 0 Å². The van der Waals surface area contributed by atoms with Crippen LogP contribution in [-0.4, -0.2) is 35.9 Å². The van der Waals surface area contributed by atoms with E-state index in [2.05, 4.69) is 27.9 Å². The number of rotatable bonds is 7. The number of carbonyl (C=O) groups is 2. The fraction of sp³-hybridized carbons (Fsp3) is 0.500. The first-order valence-electron chi connectivity index (χ1n) is 6.87. The highest BCUT2D eigenvalue weighted by molar-refractivity contribution is 5.96. The van der Waals surface area contributed by atoms with Gasteiger partial charge in [-0.2, -0.15) is 0 Å². The number of anilines is 1. The molecule has 0 radical (unpaired) electrons. The van der Waals surface area contributed by atoms with Crippen LogP contribution in [0.25, 0.3) is 0 Å². The lowest BCUT2D eigenvalue weighted by Crippen LogP contribution is -2.44. The molecule has 0 spiro atoms. The van der Waals surface area contributed by atoms with Gasteiger partial charge in [0.2, 0.25) is 5.91 Å². The highest BCUT2D eigenvalue weighted by Crippen LogP contribution is 2.08. The lowest BCUT2D eigenvalue weighted by Gasteiger charge is -2.13. The van der Waals surface area contributed by atoms with Crippen molar-refractivity contribution >= 4 is 17.5 Å². The summed E-state index contributed by atoms with van der Waals surface area (Å²) in [6.07, 6.45) is 2.57. The van der Waals surface area contributed by atoms with Gasteiger partial charge in [0, 0.05) is 25.0 Å². The van der Waals surface area contributed by atoms with Crippen LogP contribution < -0.4 is 16.0 Å². The molecule has 110 valence electrons. The van der Waals surface area contributed by atoms with E-state index in [-0.39, 0.29) is 11.8 Å². The van der Waals surface area contributed by atoms with E-state index < -0.39 is 6.04 Å². The number of likely N-dealkylation sites (N-methyl/N-ethyl adjacent to an activating group) is 1. The molecule has 1 unspecified atom stereocenters. The van der Waals surface area contributed by atoms with Gasteiger partial charge in [0.05, 0.1) is 0 Å². The highest BCUT2D eigenvalue weighted by atomic mass is 16.2. The minimum atomic E-state index is -0.587. The smallest absolute Gasteiger partial charge is 0.270 e. The van der Waals surface area contributed by atoms with Crippen molar-refractivity contribution in [2.45, 2.75) is 33.2 Å². The first-order chi connectivity index (χ1) is 9.58. The summed E-state index contributed by atoms with van der Waals surface area (Å²) < 4.78 is 0. The van der Waals surface area contributed by atoms with Gasteiger partial charge < -0.3 is 16.0 Å². The molecule has 2 amide bonds. The molecule has 0 aromatic carbocycles. The summed E-state index contributed by atoms with van der Waals surface area (Å²) in [5, 5.41) is 8.46. The molecule has 0 aliphatic carbocycles. The Hall–Kier alpha value is -2.11. The van der Waals surface area contributed by atoms with Crippen molar-refractivity contribution in [2.24, 2.45) is 0 Å². The Bertz CT molecular complexity index is 462. The zero-order chi connectivity index (χ0) is 15.0. The van der Waals surface area contributed by atoms with Crippen LogP contribution in [0.4, 0.5) is 5.69 Å². The largest absolute Gasteiger partial charge is 0.385 e. The number of amides is 2. The normalized spacial score (nSPS) is 11.6. The predicted octanol–water partition coefficient (Wildman–Crippen LogP) is 1.16. The number of pyridine rings is 1. The third kappa shape index (κ3) is 4.87. The van der Waals surface area contributed by atoms with Crippen molar-refractivity contribution < 1.29 is 9.59 Å². The number of aromatic nitrogens is 1. The maximum atomic E-state index is 12.0. The molecule has 0 aliphatic rings. The van der Waals surface area contributed by atoms with Crippen LogP contribution in [0.2, 0.25) is 0 Å². The maximum Gasteiger partial charge on any atom is 0.270 e. The first-order valence-corrected chi connectivity index (χ1v) is 6.87. The second-order valence-electron chi connectivity index (χ2n) is 4.45. The number of hydrogen-bond donors (Lipinski definition) is 3. The standard InChI is InChI=1S/C14H22N4O2/c1-4-7-16-11-6-8-17-12(9-11)14(20)18-10(3)13(19)15-5-2/h6,8-10H,4-5,7H2,1-3H3,(H,15,19)(H,16,17)(H,18,20). The Kier molecular flexibility index (Phi) is 6.49. The monoisotopic (exact) mass is 278 g/mol. The Balaban J connectivity index is 2.65. The molecule has 6 heteroatoms. The molecule has 0 fully saturated rings. The lowest BCUT2D eigenvalue weighted by molar-refractivity contribution is -0.122. The summed E-state index contributed by atoms with van der Waals surface area (Å²) in [5.74, 6) is -0.565. The van der Waals surface area contributed by atoms with Gasteiger partial charge >= 0.3 is 0 Å². The average molecular weight is 278 g/mol. The molecule has 0 saturated heterocycles. The van der Waals surface area contributed by atoms with Crippen molar-refractivity contribution in [1.82, 2.24) is 15.6 Å². The van der Waals surface area contributed by atoms with Crippen molar-refractivity contribution in [1.29, 1.82) is 0 Å². The van der Waals surface area contributed by atoms with Gasteiger partial charge in [-0.3, -0.25) is 14.6 Å². The lowest BCUT2D eigenvalue weighted by atomic mass is 10.2. The van der Waals surface area contributed by atoms with Gasteiger partial charge in [-0.05, 0) is 32.4 Å². The minimum absolute atomic E-state index is 0.207. The second-order valence-corrected chi connectivity index (χ2v) is 4.45. The van der Waals surface area contributed by atoms with Crippen LogP contribution in [0.3, 0.4) is 0 Å². The molecule has 0 bridgehead atoms. The molecule has 1 aromatic rings. The van der Waals surface area contributed by atoms with Gasteiger partial charge in [-0.15, -0.1) is 0 Å².